The standard InChI is InChI=1S/C24H37N3O3/c1-2-3-4-5-6-7-8-9-10-11-12-13-14-15-21-20-24(28)26(25-21)22-16-18-23(19-17-22)27(29)30/h16-20,25H,2-15H2,1H3. The fraction of sp³-hybridized carbons (Fsp3) is 0.625. The van der Waals surface area contributed by atoms with Crippen LogP contribution in [-0.2, 0) is 6.42 Å². The van der Waals surface area contributed by atoms with E-state index in [4.69, 9.17) is 0 Å². The van der Waals surface area contributed by atoms with E-state index in [1.807, 2.05) is 0 Å². The maximum atomic E-state index is 12.2. The highest BCUT2D eigenvalue weighted by Crippen LogP contribution is 2.15. The molecule has 0 radical (unpaired) electrons. The van der Waals surface area contributed by atoms with Gasteiger partial charge in [-0.25, -0.2) is 4.68 Å². The summed E-state index contributed by atoms with van der Waals surface area (Å²) in [5, 5.41) is 13.9. The third kappa shape index (κ3) is 8.56. The molecule has 0 bridgehead atoms. The number of H-pyrrole nitrogens is 1. The average molecular weight is 416 g/mol. The van der Waals surface area contributed by atoms with Crippen molar-refractivity contribution in [3.63, 3.8) is 0 Å². The Kier molecular flexibility index (Phi) is 11.0. The van der Waals surface area contributed by atoms with Crippen LogP contribution in [0, 0.1) is 10.1 Å². The Bertz CT molecular complexity index is 793. The third-order valence-electron chi connectivity index (χ3n) is 5.64. The minimum atomic E-state index is -0.443. The van der Waals surface area contributed by atoms with Crippen molar-refractivity contribution in [2.75, 3.05) is 0 Å². The van der Waals surface area contributed by atoms with Gasteiger partial charge in [-0.2, -0.15) is 0 Å². The van der Waals surface area contributed by atoms with E-state index in [2.05, 4.69) is 12.0 Å². The number of rotatable bonds is 16. The van der Waals surface area contributed by atoms with E-state index in [1.165, 1.54) is 93.9 Å². The zero-order chi connectivity index (χ0) is 21.6. The Morgan fingerprint density at radius 1 is 0.833 bits per heavy atom. The van der Waals surface area contributed by atoms with Crippen LogP contribution in [0.4, 0.5) is 5.69 Å². The van der Waals surface area contributed by atoms with Gasteiger partial charge in [-0.15, -0.1) is 0 Å². The number of unbranched alkanes of at least 4 members (excludes halogenated alkanes) is 12. The second-order valence-electron chi connectivity index (χ2n) is 8.22. The van der Waals surface area contributed by atoms with Crippen molar-refractivity contribution >= 4 is 5.69 Å². The van der Waals surface area contributed by atoms with E-state index in [0.29, 0.717) is 5.69 Å². The van der Waals surface area contributed by atoms with Crippen LogP contribution in [-0.4, -0.2) is 14.7 Å². The van der Waals surface area contributed by atoms with Gasteiger partial charge in [0.2, 0.25) is 0 Å². The van der Waals surface area contributed by atoms with Gasteiger partial charge in [0.15, 0.2) is 0 Å². The summed E-state index contributed by atoms with van der Waals surface area (Å²) in [6, 6.07) is 7.63. The fourth-order valence-corrected chi connectivity index (χ4v) is 3.82. The summed E-state index contributed by atoms with van der Waals surface area (Å²) in [4.78, 5) is 22.5. The van der Waals surface area contributed by atoms with Gasteiger partial charge in [0, 0.05) is 23.9 Å². The van der Waals surface area contributed by atoms with Crippen LogP contribution in [0.2, 0.25) is 0 Å². The number of aromatic amines is 1. The number of aryl methyl sites for hydroxylation is 1. The molecule has 1 aromatic carbocycles. The predicted octanol–water partition coefficient (Wildman–Crippen LogP) is 6.71. The highest BCUT2D eigenvalue weighted by Gasteiger charge is 2.08. The Morgan fingerprint density at radius 3 is 1.83 bits per heavy atom. The molecule has 1 N–H and O–H groups in total. The maximum Gasteiger partial charge on any atom is 0.271 e. The number of benzene rings is 1. The molecule has 6 heteroatoms. The Hall–Kier alpha value is -2.37. The molecule has 0 unspecified atom stereocenters. The Morgan fingerprint density at radius 2 is 1.33 bits per heavy atom. The summed E-state index contributed by atoms with van der Waals surface area (Å²) in [5.74, 6) is 0. The van der Waals surface area contributed by atoms with E-state index in [0.717, 1.165) is 18.5 Å². The second kappa shape index (κ2) is 13.8. The van der Waals surface area contributed by atoms with Gasteiger partial charge < -0.3 is 0 Å². The molecule has 0 saturated heterocycles. The van der Waals surface area contributed by atoms with Gasteiger partial charge in [0.1, 0.15) is 0 Å². The van der Waals surface area contributed by atoms with Gasteiger partial charge in [-0.05, 0) is 25.0 Å². The van der Waals surface area contributed by atoms with Crippen LogP contribution in [0.3, 0.4) is 0 Å². The van der Waals surface area contributed by atoms with Crippen molar-refractivity contribution in [1.29, 1.82) is 0 Å². The summed E-state index contributed by atoms with van der Waals surface area (Å²) in [6.07, 6.45) is 18.0. The molecule has 0 aliphatic heterocycles. The number of nitrogens with zero attached hydrogens (tertiary/aromatic N) is 2. The SMILES string of the molecule is CCCCCCCCCCCCCCCc1cc(=O)n(-c2ccc([N+](=O)[O-])cc2)[nH]1. The number of nitro groups is 1. The number of non-ortho nitro benzene ring substituents is 1. The normalized spacial score (nSPS) is 11.1. The van der Waals surface area contributed by atoms with Crippen LogP contribution < -0.4 is 5.56 Å². The van der Waals surface area contributed by atoms with E-state index in [9.17, 15) is 14.9 Å². The van der Waals surface area contributed by atoms with Crippen molar-refractivity contribution in [1.82, 2.24) is 9.78 Å². The van der Waals surface area contributed by atoms with Gasteiger partial charge in [0.05, 0.1) is 10.6 Å². The van der Waals surface area contributed by atoms with E-state index >= 15 is 0 Å². The van der Waals surface area contributed by atoms with Crippen LogP contribution in [0.5, 0.6) is 0 Å². The molecule has 6 nitrogen and oxygen atoms in total. The van der Waals surface area contributed by atoms with Crippen molar-refractivity contribution in [3.05, 3.63) is 56.5 Å². The summed E-state index contributed by atoms with van der Waals surface area (Å²) < 4.78 is 1.45. The van der Waals surface area contributed by atoms with E-state index in [-0.39, 0.29) is 11.2 Å². The minimum absolute atomic E-state index is 0.0190. The lowest BCUT2D eigenvalue weighted by Crippen LogP contribution is -2.13. The van der Waals surface area contributed by atoms with Gasteiger partial charge in [0.25, 0.3) is 11.2 Å². The quantitative estimate of drug-likeness (QED) is 0.188. The summed E-state index contributed by atoms with van der Waals surface area (Å²) in [6.45, 7) is 2.26. The lowest BCUT2D eigenvalue weighted by molar-refractivity contribution is -0.384. The molecule has 166 valence electrons. The first-order valence-electron chi connectivity index (χ1n) is 11.7. The number of aromatic nitrogens is 2. The number of hydrogen-bond acceptors (Lipinski definition) is 3. The van der Waals surface area contributed by atoms with Crippen molar-refractivity contribution in [2.24, 2.45) is 0 Å². The van der Waals surface area contributed by atoms with Crippen LogP contribution in [0.15, 0.2) is 35.1 Å². The summed E-state index contributed by atoms with van der Waals surface area (Å²) in [5.41, 5.74) is 1.42. The zero-order valence-corrected chi connectivity index (χ0v) is 18.4. The van der Waals surface area contributed by atoms with Crippen LogP contribution >= 0.6 is 0 Å². The lowest BCUT2D eigenvalue weighted by Gasteiger charge is -2.03. The zero-order valence-electron chi connectivity index (χ0n) is 18.4. The fourth-order valence-electron chi connectivity index (χ4n) is 3.82. The van der Waals surface area contributed by atoms with Crippen LogP contribution in [0.25, 0.3) is 5.69 Å². The molecule has 30 heavy (non-hydrogen) atoms. The highest BCUT2D eigenvalue weighted by atomic mass is 16.6. The first-order valence-corrected chi connectivity index (χ1v) is 11.7. The lowest BCUT2D eigenvalue weighted by atomic mass is 10.0. The Labute approximate surface area is 179 Å². The Balaban J connectivity index is 1.57. The first-order chi connectivity index (χ1) is 14.6. The number of hydrogen-bond donors (Lipinski definition) is 1. The highest BCUT2D eigenvalue weighted by molar-refractivity contribution is 5.40. The summed E-state index contributed by atoms with van der Waals surface area (Å²) in [7, 11) is 0. The van der Waals surface area contributed by atoms with Crippen molar-refractivity contribution < 1.29 is 4.92 Å². The molecule has 0 fully saturated rings. The minimum Gasteiger partial charge on any atom is -0.295 e. The molecule has 2 aromatic rings. The largest absolute Gasteiger partial charge is 0.295 e. The molecule has 1 heterocycles. The van der Waals surface area contributed by atoms with Crippen molar-refractivity contribution in [3.8, 4) is 5.69 Å². The van der Waals surface area contributed by atoms with Crippen LogP contribution in [0.1, 0.15) is 96.1 Å². The molecule has 0 atom stereocenters. The summed E-state index contributed by atoms with van der Waals surface area (Å²) >= 11 is 0. The van der Waals surface area contributed by atoms with E-state index in [1.54, 1.807) is 18.2 Å². The molecular formula is C24H37N3O3. The monoisotopic (exact) mass is 415 g/mol. The molecule has 0 spiro atoms. The number of nitrogens with one attached hydrogen (secondary N) is 1. The van der Waals surface area contributed by atoms with Gasteiger partial charge >= 0.3 is 0 Å². The molecule has 2 rings (SSSR count). The predicted molar refractivity (Wildman–Crippen MR) is 122 cm³/mol. The maximum absolute atomic E-state index is 12.2. The number of nitro benzene ring substituents is 1. The molecule has 0 aliphatic rings. The second-order valence-corrected chi connectivity index (χ2v) is 8.22. The van der Waals surface area contributed by atoms with Gasteiger partial charge in [-0.3, -0.25) is 20.0 Å². The molecule has 1 aromatic heterocycles. The topological polar surface area (TPSA) is 80.9 Å². The third-order valence-corrected chi connectivity index (χ3v) is 5.64. The molecular weight excluding hydrogens is 378 g/mol. The first kappa shape index (κ1) is 23.9. The molecule has 0 aliphatic carbocycles. The average Bonchev–Trinajstić information content (AvgIpc) is 3.12. The van der Waals surface area contributed by atoms with Gasteiger partial charge in [-0.1, -0.05) is 84.0 Å². The van der Waals surface area contributed by atoms with Crippen molar-refractivity contribution in [2.45, 2.75) is 96.8 Å². The smallest absolute Gasteiger partial charge is 0.271 e. The molecule has 0 saturated carbocycles. The van der Waals surface area contributed by atoms with E-state index < -0.39 is 4.92 Å². The molecule has 0 amide bonds.